The van der Waals surface area contributed by atoms with Crippen LogP contribution in [0.3, 0.4) is 0 Å². The molecule has 0 bridgehead atoms. The highest BCUT2D eigenvalue weighted by Crippen LogP contribution is 2.09. The van der Waals surface area contributed by atoms with Crippen LogP contribution in [0, 0.1) is 0 Å². The molecule has 1 aliphatic rings. The molecule has 1 saturated heterocycles. The molecule has 58 valence electrons. The number of carbonyl (C=O) groups excluding carboxylic acids is 1. The third kappa shape index (κ3) is 0.984. The van der Waals surface area contributed by atoms with Crippen LogP contribution in [0.4, 0.5) is 4.79 Å². The van der Waals surface area contributed by atoms with Gasteiger partial charge in [0.1, 0.15) is 0 Å². The van der Waals surface area contributed by atoms with E-state index in [1.807, 2.05) is 0 Å². The van der Waals surface area contributed by atoms with Crippen LogP contribution in [0.5, 0.6) is 0 Å². The van der Waals surface area contributed by atoms with Crippen LogP contribution >= 0.6 is 0 Å². The Balaban J connectivity index is 2.13. The van der Waals surface area contributed by atoms with Crippen LogP contribution in [0.2, 0.25) is 0 Å². The van der Waals surface area contributed by atoms with Gasteiger partial charge in [-0.3, -0.25) is 5.43 Å². The van der Waals surface area contributed by atoms with Gasteiger partial charge in [-0.05, 0) is 5.21 Å². The first-order valence-electron chi connectivity index (χ1n) is 2.82. The van der Waals surface area contributed by atoms with Crippen LogP contribution < -0.4 is 10.9 Å². The Morgan fingerprint density at radius 1 is 1.55 bits per heavy atom. The Hall–Kier alpha value is -1.70. The Bertz CT molecular complexity index is 257. The molecule has 0 spiro atoms. The van der Waals surface area contributed by atoms with E-state index in [0.717, 1.165) is 0 Å². The van der Waals surface area contributed by atoms with Crippen molar-refractivity contribution in [3.05, 3.63) is 5.82 Å². The monoisotopic (exact) mass is 156 g/mol. The number of aromatic nitrogens is 4. The zero-order chi connectivity index (χ0) is 7.68. The van der Waals surface area contributed by atoms with Crippen molar-refractivity contribution in [1.82, 2.24) is 31.5 Å². The van der Waals surface area contributed by atoms with Crippen LogP contribution in [-0.2, 0) is 4.74 Å². The molecular formula is C3H4N6O2. The molecule has 1 aromatic rings. The molecule has 0 aliphatic carbocycles. The molecule has 0 saturated carbocycles. The van der Waals surface area contributed by atoms with Crippen molar-refractivity contribution in [2.75, 3.05) is 0 Å². The van der Waals surface area contributed by atoms with Crippen molar-refractivity contribution in [3.8, 4) is 0 Å². The minimum absolute atomic E-state index is 0.281. The number of amides is 1. The van der Waals surface area contributed by atoms with Crippen molar-refractivity contribution in [2.45, 2.75) is 6.23 Å². The van der Waals surface area contributed by atoms with Gasteiger partial charge in [-0.25, -0.2) is 4.79 Å². The molecule has 0 aromatic carbocycles. The summed E-state index contributed by atoms with van der Waals surface area (Å²) in [6.45, 7) is 0. The average molecular weight is 156 g/mol. The van der Waals surface area contributed by atoms with E-state index in [2.05, 4.69) is 36.2 Å². The Labute approximate surface area is 60.3 Å². The summed E-state index contributed by atoms with van der Waals surface area (Å²) in [5.41, 5.74) is 4.73. The Morgan fingerprint density at radius 3 is 3.00 bits per heavy atom. The molecule has 8 nitrogen and oxygen atoms in total. The average Bonchev–Trinajstić information content (AvgIpc) is 2.55. The zero-order valence-electron chi connectivity index (χ0n) is 5.24. The summed E-state index contributed by atoms with van der Waals surface area (Å²) >= 11 is 0. The SMILES string of the molecule is O=C1NNC(c2nn[nH]n2)O1. The third-order valence-electron chi connectivity index (χ3n) is 1.13. The van der Waals surface area contributed by atoms with Gasteiger partial charge in [0.05, 0.1) is 0 Å². The largest absolute Gasteiger partial charge is 0.423 e. The summed E-state index contributed by atoms with van der Waals surface area (Å²) in [5, 5.41) is 12.7. The van der Waals surface area contributed by atoms with Crippen LogP contribution in [0.15, 0.2) is 0 Å². The number of ether oxygens (including phenoxy) is 1. The summed E-state index contributed by atoms with van der Waals surface area (Å²) in [7, 11) is 0. The van der Waals surface area contributed by atoms with Crippen molar-refractivity contribution in [2.24, 2.45) is 0 Å². The molecular weight excluding hydrogens is 152 g/mol. The fourth-order valence-electron chi connectivity index (χ4n) is 0.688. The van der Waals surface area contributed by atoms with E-state index in [0.29, 0.717) is 0 Å². The topological polar surface area (TPSA) is 105 Å². The van der Waals surface area contributed by atoms with Crippen molar-refractivity contribution in [1.29, 1.82) is 0 Å². The standard InChI is InChI=1S/C3H4N6O2/c10-3-7-6-2(11-3)1-4-8-9-5-1/h2,6H,(H,7,10)(H,4,5,8,9). The molecule has 2 heterocycles. The number of aromatic amines is 1. The summed E-state index contributed by atoms with van der Waals surface area (Å²) in [5.74, 6) is 0.281. The van der Waals surface area contributed by atoms with Gasteiger partial charge in [0.25, 0.3) is 0 Å². The first-order valence-corrected chi connectivity index (χ1v) is 2.82. The predicted octanol–water partition coefficient (Wildman–Crippen LogP) is -1.56. The third-order valence-corrected chi connectivity index (χ3v) is 1.13. The number of carbonyl (C=O) groups is 1. The van der Waals surface area contributed by atoms with Crippen LogP contribution in [-0.4, -0.2) is 26.7 Å². The van der Waals surface area contributed by atoms with Gasteiger partial charge in [0.2, 0.25) is 12.1 Å². The molecule has 1 unspecified atom stereocenters. The van der Waals surface area contributed by atoms with E-state index in [1.165, 1.54) is 0 Å². The van der Waals surface area contributed by atoms with Crippen molar-refractivity contribution >= 4 is 6.09 Å². The number of nitrogens with zero attached hydrogens (tertiary/aromatic N) is 3. The molecule has 0 radical (unpaired) electrons. The second-order valence-corrected chi connectivity index (χ2v) is 1.82. The highest BCUT2D eigenvalue weighted by Gasteiger charge is 2.26. The maximum Gasteiger partial charge on any atom is 0.423 e. The highest BCUT2D eigenvalue weighted by molar-refractivity contribution is 5.68. The molecule has 1 amide bonds. The lowest BCUT2D eigenvalue weighted by atomic mass is 10.6. The lowest BCUT2D eigenvalue weighted by Gasteiger charge is -1.98. The second kappa shape index (κ2) is 2.16. The van der Waals surface area contributed by atoms with Crippen LogP contribution in [0.25, 0.3) is 0 Å². The molecule has 3 N–H and O–H groups in total. The highest BCUT2D eigenvalue weighted by atomic mass is 16.6. The van der Waals surface area contributed by atoms with E-state index in [-0.39, 0.29) is 5.82 Å². The van der Waals surface area contributed by atoms with Gasteiger partial charge in [0.15, 0.2) is 0 Å². The number of tetrazole rings is 1. The number of H-pyrrole nitrogens is 1. The smallest absolute Gasteiger partial charge is 0.420 e. The Morgan fingerprint density at radius 2 is 2.45 bits per heavy atom. The molecule has 1 fully saturated rings. The van der Waals surface area contributed by atoms with E-state index < -0.39 is 12.3 Å². The van der Waals surface area contributed by atoms with Gasteiger partial charge in [-0.15, -0.1) is 10.2 Å². The van der Waals surface area contributed by atoms with E-state index in [4.69, 9.17) is 0 Å². The molecule has 11 heavy (non-hydrogen) atoms. The normalized spacial score (nSPS) is 22.9. The lowest BCUT2D eigenvalue weighted by Crippen LogP contribution is -2.27. The van der Waals surface area contributed by atoms with Gasteiger partial charge >= 0.3 is 6.09 Å². The van der Waals surface area contributed by atoms with E-state index in [1.54, 1.807) is 0 Å². The number of rotatable bonds is 1. The fourth-order valence-corrected chi connectivity index (χ4v) is 0.688. The number of cyclic esters (lactones) is 1. The fraction of sp³-hybridized carbons (Fsp3) is 0.333. The number of hydrogen-bond acceptors (Lipinski definition) is 6. The molecule has 2 rings (SSSR count). The first kappa shape index (κ1) is 6.04. The van der Waals surface area contributed by atoms with Gasteiger partial charge in [-0.1, -0.05) is 0 Å². The van der Waals surface area contributed by atoms with Gasteiger partial charge < -0.3 is 4.74 Å². The molecule has 1 aliphatic heterocycles. The summed E-state index contributed by atoms with van der Waals surface area (Å²) < 4.78 is 4.66. The molecule has 1 atom stereocenters. The predicted molar refractivity (Wildman–Crippen MR) is 29.7 cm³/mol. The summed E-state index contributed by atoms with van der Waals surface area (Å²) in [4.78, 5) is 10.5. The minimum Gasteiger partial charge on any atom is -0.420 e. The van der Waals surface area contributed by atoms with Gasteiger partial charge in [0, 0.05) is 0 Å². The van der Waals surface area contributed by atoms with Crippen LogP contribution in [0.1, 0.15) is 12.1 Å². The second-order valence-electron chi connectivity index (χ2n) is 1.82. The number of hydrogen-bond donors (Lipinski definition) is 3. The van der Waals surface area contributed by atoms with Crippen molar-refractivity contribution in [3.63, 3.8) is 0 Å². The van der Waals surface area contributed by atoms with E-state index >= 15 is 0 Å². The first-order chi connectivity index (χ1) is 5.36. The zero-order valence-corrected chi connectivity index (χ0v) is 5.24. The molecule has 1 aromatic heterocycles. The minimum atomic E-state index is -0.652. The van der Waals surface area contributed by atoms with Gasteiger partial charge in [-0.2, -0.15) is 10.6 Å². The van der Waals surface area contributed by atoms with Crippen molar-refractivity contribution < 1.29 is 9.53 Å². The quantitative estimate of drug-likeness (QED) is 0.454. The number of nitrogens with one attached hydrogen (secondary N) is 3. The van der Waals surface area contributed by atoms with E-state index in [9.17, 15) is 4.79 Å². The Kier molecular flexibility index (Phi) is 1.19. The summed E-state index contributed by atoms with van der Waals surface area (Å²) in [6.07, 6.45) is -1.21. The molecule has 8 heteroatoms. The lowest BCUT2D eigenvalue weighted by molar-refractivity contribution is 0.125. The maximum absolute atomic E-state index is 10.5. The summed E-state index contributed by atoms with van der Waals surface area (Å²) in [6, 6.07) is 0. The maximum atomic E-state index is 10.5. The number of hydrazine groups is 1.